The first-order valence-electron chi connectivity index (χ1n) is 9.14. The second kappa shape index (κ2) is 9.82. The van der Waals surface area contributed by atoms with E-state index in [9.17, 15) is 9.59 Å². The van der Waals surface area contributed by atoms with Crippen molar-refractivity contribution >= 4 is 17.5 Å². The predicted molar refractivity (Wildman–Crippen MR) is 105 cm³/mol. The number of aromatic nitrogens is 1. The number of pyridine rings is 1. The van der Waals surface area contributed by atoms with Gasteiger partial charge in [-0.2, -0.15) is 0 Å². The number of benzene rings is 1. The third kappa shape index (κ3) is 5.51. The zero-order chi connectivity index (χ0) is 19.8. The lowest BCUT2D eigenvalue weighted by Crippen LogP contribution is -2.41. The van der Waals surface area contributed by atoms with Crippen LogP contribution in [0.25, 0.3) is 0 Å². The average Bonchev–Trinajstić information content (AvgIpc) is 2.74. The van der Waals surface area contributed by atoms with Crippen LogP contribution < -0.4 is 15.4 Å². The summed E-state index contributed by atoms with van der Waals surface area (Å²) in [6.07, 6.45) is 2.88. The van der Waals surface area contributed by atoms with Gasteiger partial charge in [-0.15, -0.1) is 0 Å². The van der Waals surface area contributed by atoms with E-state index < -0.39 is 0 Å². The Bertz CT molecular complexity index is 821. The molecule has 8 nitrogen and oxygen atoms in total. The molecule has 1 saturated heterocycles. The third-order valence-electron chi connectivity index (χ3n) is 4.41. The zero-order valence-corrected chi connectivity index (χ0v) is 15.8. The molecular formula is C20H24N4O4. The number of hydrogen-bond acceptors (Lipinski definition) is 6. The Kier molecular flexibility index (Phi) is 6.94. The van der Waals surface area contributed by atoms with E-state index in [1.807, 2.05) is 0 Å². The van der Waals surface area contributed by atoms with Gasteiger partial charge in [-0.05, 0) is 18.2 Å². The average molecular weight is 384 g/mol. The number of carbonyl (C=O) groups is 2. The van der Waals surface area contributed by atoms with Crippen molar-refractivity contribution in [2.24, 2.45) is 0 Å². The molecule has 1 fully saturated rings. The van der Waals surface area contributed by atoms with Gasteiger partial charge in [0, 0.05) is 50.3 Å². The van der Waals surface area contributed by atoms with Gasteiger partial charge in [0.2, 0.25) is 0 Å². The molecule has 28 heavy (non-hydrogen) atoms. The summed E-state index contributed by atoms with van der Waals surface area (Å²) < 4.78 is 10.5. The molecule has 0 aliphatic carbocycles. The number of ether oxygens (including phenoxy) is 2. The van der Waals surface area contributed by atoms with Crippen LogP contribution in [0.15, 0.2) is 42.7 Å². The van der Waals surface area contributed by atoms with Crippen molar-refractivity contribution in [3.8, 4) is 5.75 Å². The van der Waals surface area contributed by atoms with Crippen molar-refractivity contribution in [2.45, 2.75) is 0 Å². The third-order valence-corrected chi connectivity index (χ3v) is 4.41. The predicted octanol–water partition coefficient (Wildman–Crippen LogP) is 1.40. The topological polar surface area (TPSA) is 92.8 Å². The van der Waals surface area contributed by atoms with E-state index in [4.69, 9.17) is 9.47 Å². The Morgan fingerprint density at radius 3 is 2.64 bits per heavy atom. The van der Waals surface area contributed by atoms with Gasteiger partial charge >= 0.3 is 0 Å². The second-order valence-corrected chi connectivity index (χ2v) is 6.36. The van der Waals surface area contributed by atoms with Crippen molar-refractivity contribution < 1.29 is 19.1 Å². The molecule has 0 unspecified atom stereocenters. The molecule has 0 bridgehead atoms. The molecule has 2 heterocycles. The maximum atomic E-state index is 12.5. The van der Waals surface area contributed by atoms with E-state index in [1.54, 1.807) is 31.4 Å². The SMILES string of the molecule is COc1cccc(NC(=O)c2cncc(C(=O)NCCN3CCOCC3)c2)c1. The van der Waals surface area contributed by atoms with E-state index in [1.165, 1.54) is 18.5 Å². The fourth-order valence-corrected chi connectivity index (χ4v) is 2.85. The van der Waals surface area contributed by atoms with Crippen LogP contribution in [0.5, 0.6) is 5.75 Å². The lowest BCUT2D eigenvalue weighted by atomic mass is 10.1. The van der Waals surface area contributed by atoms with Gasteiger partial charge in [0.1, 0.15) is 5.75 Å². The smallest absolute Gasteiger partial charge is 0.257 e. The summed E-state index contributed by atoms with van der Waals surface area (Å²) in [7, 11) is 1.56. The molecule has 2 amide bonds. The van der Waals surface area contributed by atoms with Crippen molar-refractivity contribution in [3.63, 3.8) is 0 Å². The zero-order valence-electron chi connectivity index (χ0n) is 15.8. The molecule has 3 rings (SSSR count). The number of hydrogen-bond donors (Lipinski definition) is 2. The lowest BCUT2D eigenvalue weighted by Gasteiger charge is -2.26. The first kappa shape index (κ1) is 19.8. The molecule has 1 aromatic heterocycles. The second-order valence-electron chi connectivity index (χ2n) is 6.36. The number of rotatable bonds is 7. The Balaban J connectivity index is 1.56. The van der Waals surface area contributed by atoms with Gasteiger partial charge in [-0.25, -0.2) is 0 Å². The highest BCUT2D eigenvalue weighted by Gasteiger charge is 2.13. The molecule has 1 aliphatic rings. The normalized spacial score (nSPS) is 14.3. The molecule has 8 heteroatoms. The quantitative estimate of drug-likeness (QED) is 0.750. The Hall–Kier alpha value is -2.97. The van der Waals surface area contributed by atoms with E-state index in [0.717, 1.165) is 32.8 Å². The van der Waals surface area contributed by atoms with Gasteiger partial charge in [0.15, 0.2) is 0 Å². The first-order valence-corrected chi connectivity index (χ1v) is 9.14. The van der Waals surface area contributed by atoms with Gasteiger partial charge in [0.25, 0.3) is 11.8 Å². The molecular weight excluding hydrogens is 360 g/mol. The first-order chi connectivity index (χ1) is 13.7. The van der Waals surface area contributed by atoms with Gasteiger partial charge in [-0.3, -0.25) is 19.5 Å². The van der Waals surface area contributed by atoms with E-state index in [0.29, 0.717) is 29.1 Å². The summed E-state index contributed by atoms with van der Waals surface area (Å²) >= 11 is 0. The van der Waals surface area contributed by atoms with Gasteiger partial charge < -0.3 is 20.1 Å². The Morgan fingerprint density at radius 2 is 1.89 bits per heavy atom. The molecule has 0 spiro atoms. The number of morpholine rings is 1. The summed E-state index contributed by atoms with van der Waals surface area (Å²) in [5, 5.41) is 5.64. The summed E-state index contributed by atoms with van der Waals surface area (Å²) in [5.74, 6) is 0.0461. The molecule has 1 aliphatic heterocycles. The largest absolute Gasteiger partial charge is 0.497 e. The Morgan fingerprint density at radius 1 is 1.14 bits per heavy atom. The summed E-state index contributed by atoms with van der Waals surface area (Å²) in [5.41, 5.74) is 1.26. The van der Waals surface area contributed by atoms with Crippen molar-refractivity contribution in [1.29, 1.82) is 0 Å². The maximum Gasteiger partial charge on any atom is 0.257 e. The van der Waals surface area contributed by atoms with Crippen LogP contribution in [0.1, 0.15) is 20.7 Å². The minimum absolute atomic E-state index is 0.253. The summed E-state index contributed by atoms with van der Waals surface area (Å²) in [6, 6.07) is 8.58. The summed E-state index contributed by atoms with van der Waals surface area (Å²) in [4.78, 5) is 31.1. The molecule has 2 N–H and O–H groups in total. The summed E-state index contributed by atoms with van der Waals surface area (Å²) in [6.45, 7) is 4.48. The van der Waals surface area contributed by atoms with Crippen LogP contribution in [-0.4, -0.2) is 68.2 Å². The fraction of sp³-hybridized carbons (Fsp3) is 0.350. The molecule has 2 aromatic rings. The minimum Gasteiger partial charge on any atom is -0.497 e. The standard InChI is InChI=1S/C20H24N4O4/c1-27-18-4-2-3-17(12-18)23-20(26)16-11-15(13-21-14-16)19(25)22-5-6-24-7-9-28-10-8-24/h2-4,11-14H,5-10H2,1H3,(H,22,25)(H,23,26). The highest BCUT2D eigenvalue weighted by atomic mass is 16.5. The van der Waals surface area contributed by atoms with Gasteiger partial charge in [0.05, 0.1) is 31.5 Å². The van der Waals surface area contributed by atoms with Crippen LogP contribution in [0.4, 0.5) is 5.69 Å². The highest BCUT2D eigenvalue weighted by molar-refractivity contribution is 6.05. The number of amides is 2. The number of nitrogens with zero attached hydrogens (tertiary/aromatic N) is 2. The van der Waals surface area contributed by atoms with Crippen molar-refractivity contribution in [2.75, 3.05) is 51.8 Å². The van der Waals surface area contributed by atoms with E-state index >= 15 is 0 Å². The van der Waals surface area contributed by atoms with Crippen LogP contribution in [0.2, 0.25) is 0 Å². The molecule has 0 saturated carbocycles. The molecule has 1 aromatic carbocycles. The maximum absolute atomic E-state index is 12.5. The number of nitrogens with one attached hydrogen (secondary N) is 2. The number of carbonyl (C=O) groups excluding carboxylic acids is 2. The molecule has 0 radical (unpaired) electrons. The fourth-order valence-electron chi connectivity index (χ4n) is 2.85. The van der Waals surface area contributed by atoms with Crippen molar-refractivity contribution in [1.82, 2.24) is 15.2 Å². The minimum atomic E-state index is -0.344. The highest BCUT2D eigenvalue weighted by Crippen LogP contribution is 2.17. The van der Waals surface area contributed by atoms with E-state index in [-0.39, 0.29) is 11.8 Å². The Labute approximate surface area is 163 Å². The van der Waals surface area contributed by atoms with Crippen LogP contribution >= 0.6 is 0 Å². The van der Waals surface area contributed by atoms with Gasteiger partial charge in [-0.1, -0.05) is 6.07 Å². The number of anilines is 1. The van der Waals surface area contributed by atoms with Crippen LogP contribution in [0, 0.1) is 0 Å². The van der Waals surface area contributed by atoms with E-state index in [2.05, 4.69) is 20.5 Å². The van der Waals surface area contributed by atoms with Crippen molar-refractivity contribution in [3.05, 3.63) is 53.9 Å². The number of methoxy groups -OCH3 is 1. The molecule has 148 valence electrons. The van der Waals surface area contributed by atoms with Crippen LogP contribution in [-0.2, 0) is 4.74 Å². The molecule has 0 atom stereocenters. The van der Waals surface area contributed by atoms with Crippen LogP contribution in [0.3, 0.4) is 0 Å². The lowest BCUT2D eigenvalue weighted by molar-refractivity contribution is 0.0383. The monoisotopic (exact) mass is 384 g/mol.